The standard InChI is InChI=1S/C24H31N3O6S/c1-16-6-8-19(27(29)30)15-22(16)34(31,32)26-12-10-17(11-13-26)23(28)25-20-14-18(24(2,3)4)7-9-21(20)33-5/h6-9,14-15,17H,10-13H2,1-5H3,(H,25,28). The minimum atomic E-state index is -3.91. The van der Waals surface area contributed by atoms with Gasteiger partial charge in [0.15, 0.2) is 0 Å². The first kappa shape index (κ1) is 25.6. The Hall–Kier alpha value is -2.98. The van der Waals surface area contributed by atoms with Crippen molar-refractivity contribution in [2.24, 2.45) is 5.92 Å². The number of carbonyl (C=O) groups is 1. The van der Waals surface area contributed by atoms with Crippen LogP contribution in [0.1, 0.15) is 44.7 Å². The molecular formula is C24H31N3O6S. The lowest BCUT2D eigenvalue weighted by atomic mass is 9.86. The molecule has 0 aromatic heterocycles. The van der Waals surface area contributed by atoms with E-state index in [9.17, 15) is 23.3 Å². The first-order valence-electron chi connectivity index (χ1n) is 11.1. The monoisotopic (exact) mass is 489 g/mol. The maximum atomic E-state index is 13.2. The first-order valence-corrected chi connectivity index (χ1v) is 12.5. The van der Waals surface area contributed by atoms with Gasteiger partial charge in [-0.15, -0.1) is 0 Å². The second-order valence-electron chi connectivity index (χ2n) is 9.54. The number of benzene rings is 2. The van der Waals surface area contributed by atoms with Crippen molar-refractivity contribution < 1.29 is 22.9 Å². The van der Waals surface area contributed by atoms with Gasteiger partial charge in [-0.2, -0.15) is 4.31 Å². The molecule has 1 aliphatic rings. The summed E-state index contributed by atoms with van der Waals surface area (Å²) in [4.78, 5) is 23.4. The molecular weight excluding hydrogens is 458 g/mol. The number of nitro benzene ring substituents is 1. The summed E-state index contributed by atoms with van der Waals surface area (Å²) in [6, 6.07) is 9.51. The Bertz CT molecular complexity index is 1200. The number of hydrogen-bond acceptors (Lipinski definition) is 6. The highest BCUT2D eigenvalue weighted by atomic mass is 32.2. The topological polar surface area (TPSA) is 119 Å². The average Bonchev–Trinajstić information content (AvgIpc) is 2.78. The molecule has 0 bridgehead atoms. The van der Waals surface area contributed by atoms with Gasteiger partial charge >= 0.3 is 0 Å². The van der Waals surface area contributed by atoms with Gasteiger partial charge in [0.2, 0.25) is 15.9 Å². The molecule has 3 rings (SSSR count). The molecule has 2 aromatic carbocycles. The molecule has 9 nitrogen and oxygen atoms in total. The number of nitro groups is 1. The van der Waals surface area contributed by atoms with Gasteiger partial charge in [0.25, 0.3) is 5.69 Å². The van der Waals surface area contributed by atoms with Crippen molar-refractivity contribution in [3.8, 4) is 5.75 Å². The highest BCUT2D eigenvalue weighted by molar-refractivity contribution is 7.89. The SMILES string of the molecule is COc1ccc(C(C)(C)C)cc1NC(=O)C1CCN(S(=O)(=O)c2cc([N+](=O)[O-])ccc2C)CC1. The van der Waals surface area contributed by atoms with Crippen molar-refractivity contribution in [2.75, 3.05) is 25.5 Å². The van der Waals surface area contributed by atoms with Crippen molar-refractivity contribution in [3.63, 3.8) is 0 Å². The third-order valence-electron chi connectivity index (χ3n) is 6.15. The zero-order valence-electron chi connectivity index (χ0n) is 20.1. The highest BCUT2D eigenvalue weighted by Gasteiger charge is 2.34. The molecule has 0 atom stereocenters. The van der Waals surface area contributed by atoms with E-state index in [0.717, 1.165) is 11.6 Å². The van der Waals surface area contributed by atoms with Crippen LogP contribution in [0.5, 0.6) is 5.75 Å². The largest absolute Gasteiger partial charge is 0.495 e. The molecule has 0 saturated carbocycles. The lowest BCUT2D eigenvalue weighted by Crippen LogP contribution is -2.41. The number of anilines is 1. The second kappa shape index (κ2) is 9.71. The van der Waals surface area contributed by atoms with Crippen molar-refractivity contribution in [3.05, 3.63) is 57.6 Å². The molecule has 10 heteroatoms. The van der Waals surface area contributed by atoms with Gasteiger partial charge in [-0.05, 0) is 48.4 Å². The number of carbonyl (C=O) groups excluding carboxylic acids is 1. The van der Waals surface area contributed by atoms with Crippen LogP contribution in [-0.2, 0) is 20.2 Å². The van der Waals surface area contributed by atoms with Crippen LogP contribution in [0.25, 0.3) is 0 Å². The van der Waals surface area contributed by atoms with E-state index in [1.54, 1.807) is 14.0 Å². The lowest BCUT2D eigenvalue weighted by Gasteiger charge is -2.31. The predicted octanol–water partition coefficient (Wildman–Crippen LogP) is 4.25. The molecule has 2 aromatic rings. The number of aryl methyl sites for hydroxylation is 1. The van der Waals surface area contributed by atoms with Gasteiger partial charge in [0, 0.05) is 31.1 Å². The Morgan fingerprint density at radius 1 is 1.15 bits per heavy atom. The quantitative estimate of drug-likeness (QED) is 0.479. The summed E-state index contributed by atoms with van der Waals surface area (Å²) in [6.07, 6.45) is 0.695. The second-order valence-corrected chi connectivity index (χ2v) is 11.4. The molecule has 1 heterocycles. The van der Waals surface area contributed by atoms with Crippen molar-refractivity contribution in [1.82, 2.24) is 4.31 Å². The molecule has 1 saturated heterocycles. The van der Waals surface area contributed by atoms with E-state index < -0.39 is 14.9 Å². The number of hydrogen-bond donors (Lipinski definition) is 1. The van der Waals surface area contributed by atoms with Gasteiger partial charge in [-0.3, -0.25) is 14.9 Å². The van der Waals surface area contributed by atoms with Crippen LogP contribution >= 0.6 is 0 Å². The van der Waals surface area contributed by atoms with Crippen molar-refractivity contribution in [1.29, 1.82) is 0 Å². The molecule has 0 spiro atoms. The van der Waals surface area contributed by atoms with E-state index in [2.05, 4.69) is 26.1 Å². The smallest absolute Gasteiger partial charge is 0.270 e. The molecule has 0 unspecified atom stereocenters. The van der Waals surface area contributed by atoms with E-state index in [1.165, 1.54) is 16.4 Å². The number of piperidine rings is 1. The Morgan fingerprint density at radius 3 is 2.35 bits per heavy atom. The predicted molar refractivity (Wildman–Crippen MR) is 130 cm³/mol. The summed E-state index contributed by atoms with van der Waals surface area (Å²) in [7, 11) is -2.37. The van der Waals surface area contributed by atoms with E-state index in [0.29, 0.717) is 29.8 Å². The highest BCUT2D eigenvalue weighted by Crippen LogP contribution is 2.33. The van der Waals surface area contributed by atoms with Crippen molar-refractivity contribution >= 4 is 27.3 Å². The summed E-state index contributed by atoms with van der Waals surface area (Å²) in [5.41, 5.74) is 1.70. The van der Waals surface area contributed by atoms with Crippen molar-refractivity contribution in [2.45, 2.75) is 50.8 Å². The van der Waals surface area contributed by atoms with Crippen LogP contribution in [0.4, 0.5) is 11.4 Å². The molecule has 1 N–H and O–H groups in total. The Labute approximate surface area is 200 Å². The number of nitrogens with zero attached hydrogens (tertiary/aromatic N) is 2. The molecule has 1 amide bonds. The maximum absolute atomic E-state index is 13.2. The van der Waals surface area contributed by atoms with Crippen LogP contribution in [0.3, 0.4) is 0 Å². The summed E-state index contributed by atoms with van der Waals surface area (Å²) >= 11 is 0. The van der Waals surface area contributed by atoms with E-state index in [-0.39, 0.29) is 40.9 Å². The summed E-state index contributed by atoms with van der Waals surface area (Å²) in [5, 5.41) is 14.1. The van der Waals surface area contributed by atoms with Crippen LogP contribution in [0.15, 0.2) is 41.3 Å². The summed E-state index contributed by atoms with van der Waals surface area (Å²) < 4.78 is 33.0. The van der Waals surface area contributed by atoms with Gasteiger partial charge in [-0.25, -0.2) is 8.42 Å². The van der Waals surface area contributed by atoms with Gasteiger partial charge < -0.3 is 10.1 Å². The zero-order valence-corrected chi connectivity index (χ0v) is 20.9. The first-order chi connectivity index (χ1) is 15.8. The molecule has 184 valence electrons. The minimum absolute atomic E-state index is 0.0756. The Morgan fingerprint density at radius 2 is 1.79 bits per heavy atom. The van der Waals surface area contributed by atoms with E-state index in [1.807, 2.05) is 18.2 Å². The number of nitrogens with one attached hydrogen (secondary N) is 1. The third-order valence-corrected chi connectivity index (χ3v) is 8.19. The van der Waals surface area contributed by atoms with E-state index in [4.69, 9.17) is 4.74 Å². The van der Waals surface area contributed by atoms with Gasteiger partial charge in [0.05, 0.1) is 22.6 Å². The van der Waals surface area contributed by atoms with Crippen LogP contribution in [0.2, 0.25) is 0 Å². The lowest BCUT2D eigenvalue weighted by molar-refractivity contribution is -0.385. The molecule has 1 fully saturated rings. The maximum Gasteiger partial charge on any atom is 0.270 e. The molecule has 34 heavy (non-hydrogen) atoms. The van der Waals surface area contributed by atoms with Gasteiger partial charge in [-0.1, -0.05) is 32.9 Å². The Kier molecular flexibility index (Phi) is 7.32. The Balaban J connectivity index is 1.72. The van der Waals surface area contributed by atoms with Crippen LogP contribution in [-0.4, -0.2) is 43.8 Å². The summed E-state index contributed by atoms with van der Waals surface area (Å²) in [6.45, 7) is 8.16. The number of sulfonamides is 1. The fourth-order valence-corrected chi connectivity index (χ4v) is 5.70. The van der Waals surface area contributed by atoms with Crippen LogP contribution in [0, 0.1) is 23.0 Å². The molecule has 1 aliphatic heterocycles. The molecule has 0 aliphatic carbocycles. The number of ether oxygens (including phenoxy) is 1. The summed E-state index contributed by atoms with van der Waals surface area (Å²) in [5.74, 6) is 0.0103. The van der Waals surface area contributed by atoms with Crippen LogP contribution < -0.4 is 10.1 Å². The number of amides is 1. The number of non-ortho nitro benzene ring substituents is 1. The normalized spacial score (nSPS) is 15.7. The average molecular weight is 490 g/mol. The van der Waals surface area contributed by atoms with E-state index >= 15 is 0 Å². The fourth-order valence-electron chi connectivity index (χ4n) is 3.98. The number of methoxy groups -OCH3 is 1. The minimum Gasteiger partial charge on any atom is -0.495 e. The molecule has 0 radical (unpaired) electrons. The number of rotatable bonds is 6. The fraction of sp³-hybridized carbons (Fsp3) is 0.458. The third kappa shape index (κ3) is 5.39. The zero-order chi connectivity index (χ0) is 25.3. The van der Waals surface area contributed by atoms with Gasteiger partial charge in [0.1, 0.15) is 5.75 Å².